The lowest BCUT2D eigenvalue weighted by atomic mass is 10.0. The number of ether oxygens (including phenoxy) is 4. The van der Waals surface area contributed by atoms with E-state index >= 15 is 0 Å². The molecule has 19 heteroatoms. The minimum absolute atomic E-state index is 0.103. The third-order valence-corrected chi connectivity index (χ3v) is 16.7. The van der Waals surface area contributed by atoms with Crippen LogP contribution in [0.3, 0.4) is 0 Å². The number of phosphoric acid groups is 2. The average molecular weight is 1230 g/mol. The topological polar surface area (TPSA) is 237 Å². The molecule has 0 amide bonds. The summed E-state index contributed by atoms with van der Waals surface area (Å²) in [5.74, 6) is -1.33. The highest BCUT2D eigenvalue weighted by atomic mass is 31.2. The minimum Gasteiger partial charge on any atom is -0.462 e. The van der Waals surface area contributed by atoms with E-state index in [4.69, 9.17) is 37.0 Å². The predicted octanol–water partition coefficient (Wildman–Crippen LogP) is 17.8. The fourth-order valence-corrected chi connectivity index (χ4v) is 11.2. The second kappa shape index (κ2) is 57.8. The number of carbonyl (C=O) groups excluding carboxylic acids is 4. The van der Waals surface area contributed by atoms with E-state index in [0.29, 0.717) is 25.7 Å². The van der Waals surface area contributed by atoms with Crippen molar-refractivity contribution in [1.82, 2.24) is 0 Å². The maximum absolute atomic E-state index is 13.0. The van der Waals surface area contributed by atoms with Crippen LogP contribution in [-0.4, -0.2) is 96.7 Å². The van der Waals surface area contributed by atoms with E-state index in [1.165, 1.54) is 128 Å². The van der Waals surface area contributed by atoms with Gasteiger partial charge < -0.3 is 33.8 Å². The zero-order valence-electron chi connectivity index (χ0n) is 53.3. The Morgan fingerprint density at radius 3 is 0.819 bits per heavy atom. The zero-order valence-corrected chi connectivity index (χ0v) is 55.1. The predicted molar refractivity (Wildman–Crippen MR) is 331 cm³/mol. The lowest BCUT2D eigenvalue weighted by molar-refractivity contribution is -0.161. The molecule has 83 heavy (non-hydrogen) atoms. The van der Waals surface area contributed by atoms with Gasteiger partial charge in [-0.3, -0.25) is 37.3 Å². The first-order valence-electron chi connectivity index (χ1n) is 33.6. The molecule has 0 aromatic carbocycles. The normalized spacial score (nSPS) is 14.2. The molecule has 0 aromatic rings. The van der Waals surface area contributed by atoms with Crippen LogP contribution in [0.4, 0.5) is 0 Å². The van der Waals surface area contributed by atoms with Gasteiger partial charge in [0.25, 0.3) is 0 Å². The molecule has 0 saturated heterocycles. The number of unbranched alkanes of at least 4 members (excludes halogenated alkanes) is 36. The van der Waals surface area contributed by atoms with Gasteiger partial charge in [-0.15, -0.1) is 0 Å². The Balaban J connectivity index is 5.04. The van der Waals surface area contributed by atoms with E-state index in [1.54, 1.807) is 0 Å². The first kappa shape index (κ1) is 81.1. The lowest BCUT2D eigenvalue weighted by Gasteiger charge is -2.21. The quantitative estimate of drug-likeness (QED) is 0.0222. The molecule has 0 aliphatic carbocycles. The Morgan fingerprint density at radius 2 is 0.554 bits per heavy atom. The molecule has 2 unspecified atom stereocenters. The van der Waals surface area contributed by atoms with Gasteiger partial charge in [-0.1, -0.05) is 272 Å². The van der Waals surface area contributed by atoms with Gasteiger partial charge in [0.15, 0.2) is 12.2 Å². The van der Waals surface area contributed by atoms with Gasteiger partial charge in [-0.2, -0.15) is 0 Å². The number of aliphatic hydroxyl groups excluding tert-OH is 1. The van der Waals surface area contributed by atoms with Gasteiger partial charge >= 0.3 is 39.5 Å². The summed E-state index contributed by atoms with van der Waals surface area (Å²) < 4.78 is 67.6. The molecule has 0 heterocycles. The van der Waals surface area contributed by atoms with Crippen LogP contribution in [0.1, 0.15) is 324 Å². The van der Waals surface area contributed by atoms with Crippen molar-refractivity contribution in [2.45, 2.75) is 342 Å². The molecule has 0 aliphatic rings. The van der Waals surface area contributed by atoms with Gasteiger partial charge in [0, 0.05) is 25.7 Å². The van der Waals surface area contributed by atoms with Crippen molar-refractivity contribution in [2.24, 2.45) is 5.92 Å². The van der Waals surface area contributed by atoms with Crippen molar-refractivity contribution >= 4 is 39.5 Å². The van der Waals surface area contributed by atoms with Crippen molar-refractivity contribution in [3.8, 4) is 0 Å². The summed E-state index contributed by atoms with van der Waals surface area (Å²) in [6.07, 6.45) is 42.4. The summed E-state index contributed by atoms with van der Waals surface area (Å²) in [5, 5.41) is 10.5. The second-order valence-electron chi connectivity index (χ2n) is 23.6. The number of hydrogen-bond donors (Lipinski definition) is 3. The number of hydrogen-bond acceptors (Lipinski definition) is 15. The summed E-state index contributed by atoms with van der Waals surface area (Å²) in [7, 11) is -9.87. The number of esters is 4. The number of aliphatic hydroxyl groups is 1. The third kappa shape index (κ3) is 58.8. The van der Waals surface area contributed by atoms with Gasteiger partial charge in [0.2, 0.25) is 0 Å². The number of carbonyl (C=O) groups is 4. The fraction of sp³-hybridized carbons (Fsp3) is 0.938. The lowest BCUT2D eigenvalue weighted by Crippen LogP contribution is -2.30. The smallest absolute Gasteiger partial charge is 0.462 e. The van der Waals surface area contributed by atoms with E-state index in [2.05, 4.69) is 34.6 Å². The summed E-state index contributed by atoms with van der Waals surface area (Å²) in [5.41, 5.74) is 0. The van der Waals surface area contributed by atoms with Crippen molar-refractivity contribution < 1.29 is 80.2 Å². The Morgan fingerprint density at radius 1 is 0.325 bits per heavy atom. The maximum atomic E-state index is 13.0. The van der Waals surface area contributed by atoms with Crippen LogP contribution in [0.2, 0.25) is 0 Å². The molecule has 0 bridgehead atoms. The minimum atomic E-state index is -4.94. The van der Waals surface area contributed by atoms with E-state index in [1.807, 2.05) is 0 Å². The van der Waals surface area contributed by atoms with Crippen LogP contribution < -0.4 is 0 Å². The summed E-state index contributed by atoms with van der Waals surface area (Å²) in [6, 6.07) is 0. The number of phosphoric ester groups is 2. The molecule has 0 saturated carbocycles. The summed E-state index contributed by atoms with van der Waals surface area (Å²) in [4.78, 5) is 71.7. The van der Waals surface area contributed by atoms with Crippen molar-refractivity contribution in [2.75, 3.05) is 39.6 Å². The molecule has 492 valence electrons. The first-order chi connectivity index (χ1) is 40.0. The van der Waals surface area contributed by atoms with Crippen LogP contribution in [0.15, 0.2) is 0 Å². The molecule has 0 aliphatic heterocycles. The van der Waals surface area contributed by atoms with Crippen LogP contribution >= 0.6 is 15.6 Å². The largest absolute Gasteiger partial charge is 0.472 e. The highest BCUT2D eigenvalue weighted by Gasteiger charge is 2.30. The molecule has 3 N–H and O–H groups in total. The van der Waals surface area contributed by atoms with E-state index in [9.17, 15) is 43.2 Å². The summed E-state index contributed by atoms with van der Waals surface area (Å²) >= 11 is 0. The van der Waals surface area contributed by atoms with E-state index < -0.39 is 97.5 Å². The van der Waals surface area contributed by atoms with Gasteiger partial charge in [0.05, 0.1) is 26.4 Å². The number of rotatable bonds is 64. The van der Waals surface area contributed by atoms with Crippen molar-refractivity contribution in [1.29, 1.82) is 0 Å². The van der Waals surface area contributed by atoms with E-state index in [-0.39, 0.29) is 25.7 Å². The van der Waals surface area contributed by atoms with Crippen LogP contribution in [-0.2, 0) is 65.4 Å². The average Bonchev–Trinajstić information content (AvgIpc) is 3.48. The first-order valence-corrected chi connectivity index (χ1v) is 36.6. The zero-order chi connectivity index (χ0) is 61.3. The molecular formula is C64H124O17P2. The third-order valence-electron chi connectivity index (χ3n) is 14.8. The van der Waals surface area contributed by atoms with Crippen molar-refractivity contribution in [3.05, 3.63) is 0 Å². The Kier molecular flexibility index (Phi) is 56.4. The molecule has 0 spiro atoms. The molecule has 0 radical (unpaired) electrons. The Hall–Kier alpha value is -1.94. The molecule has 0 rings (SSSR count). The summed E-state index contributed by atoms with van der Waals surface area (Å²) in [6.45, 7) is 7.09. The van der Waals surface area contributed by atoms with Crippen molar-refractivity contribution in [3.63, 3.8) is 0 Å². The van der Waals surface area contributed by atoms with Crippen LogP contribution in [0, 0.1) is 5.92 Å². The van der Waals surface area contributed by atoms with Crippen LogP contribution in [0.25, 0.3) is 0 Å². The Labute approximate surface area is 505 Å². The van der Waals surface area contributed by atoms with E-state index in [0.717, 1.165) is 115 Å². The highest BCUT2D eigenvalue weighted by Crippen LogP contribution is 2.45. The maximum Gasteiger partial charge on any atom is 0.472 e. The fourth-order valence-electron chi connectivity index (χ4n) is 9.58. The van der Waals surface area contributed by atoms with Crippen LogP contribution in [0.5, 0.6) is 0 Å². The second-order valence-corrected chi connectivity index (χ2v) is 26.5. The molecule has 0 aromatic heterocycles. The Bertz CT molecular complexity index is 1620. The highest BCUT2D eigenvalue weighted by molar-refractivity contribution is 7.47. The SMILES string of the molecule is CCCCCCCCCCCCC(=O)OC[C@H](COP(=O)(O)OC[C@@H](O)COP(=O)(O)OC[C@@H](COC(=O)CCCCCCC)OC(=O)CCCCCCCCC)OC(=O)CCCCCCCCCCCCCCCCCCCCC(C)C. The van der Waals surface area contributed by atoms with Gasteiger partial charge in [-0.25, -0.2) is 9.13 Å². The monoisotopic (exact) mass is 1230 g/mol. The van der Waals surface area contributed by atoms with Gasteiger partial charge in [0.1, 0.15) is 19.3 Å². The molecule has 5 atom stereocenters. The molecular weight excluding hydrogens is 1100 g/mol. The molecule has 17 nitrogen and oxygen atoms in total. The van der Waals surface area contributed by atoms with Gasteiger partial charge in [-0.05, 0) is 31.6 Å². The molecule has 0 fully saturated rings. The standard InChI is InChI=1S/C64H124O17P2/c1-6-9-12-15-17-18-30-34-38-43-48-62(67)75-54-60(81-64(69)50-45-40-35-31-28-26-24-22-20-19-21-23-25-27-29-33-37-41-46-57(4)5)56-79-83(72,73)77-52-58(65)51-76-82(70,71)78-55-59(53-74-61(66)47-42-36-14-11-8-3)80-63(68)49-44-39-32-16-13-10-7-2/h57-60,65H,6-56H2,1-5H3,(H,70,71)(H,72,73)/t58-,59+,60+/m0/s1.